The first kappa shape index (κ1) is 18.8. The van der Waals surface area contributed by atoms with Crippen molar-refractivity contribution in [1.82, 2.24) is 9.97 Å². The van der Waals surface area contributed by atoms with Gasteiger partial charge in [0.25, 0.3) is 0 Å². The molecular weight excluding hydrogens is 395 g/mol. The summed E-state index contributed by atoms with van der Waals surface area (Å²) in [5.41, 5.74) is 2.40. The second-order valence-electron chi connectivity index (χ2n) is 6.33. The lowest BCUT2D eigenvalue weighted by atomic mass is 10.0. The molecule has 1 aliphatic carbocycles. The Morgan fingerprint density at radius 2 is 1.83 bits per heavy atom. The number of carbonyl (C=O) groups is 2. The molecule has 1 heterocycles. The van der Waals surface area contributed by atoms with Gasteiger partial charge in [0, 0.05) is 28.9 Å². The Bertz CT molecular complexity index is 1210. The fourth-order valence-electron chi connectivity index (χ4n) is 2.87. The third-order valence-corrected chi connectivity index (χ3v) is 4.62. The third-order valence-electron chi connectivity index (χ3n) is 4.33. The minimum atomic E-state index is -0.504. The van der Waals surface area contributed by atoms with Crippen molar-refractivity contribution < 1.29 is 14.0 Å². The van der Waals surface area contributed by atoms with Gasteiger partial charge in [-0.1, -0.05) is 11.6 Å². The van der Waals surface area contributed by atoms with Crippen molar-refractivity contribution in [1.29, 1.82) is 0 Å². The Balaban J connectivity index is 1.59. The van der Waals surface area contributed by atoms with E-state index in [1.165, 1.54) is 36.7 Å². The molecule has 1 aromatic heterocycles. The SMILES string of the molecule is O=C1C=CC(=O)C(CNc2ccc3ncnc(Nc4ccc(F)c(Cl)c4)c3c2)=C1. The Labute approximate surface area is 170 Å². The van der Waals surface area contributed by atoms with Crippen LogP contribution >= 0.6 is 11.6 Å². The van der Waals surface area contributed by atoms with Gasteiger partial charge in [-0.2, -0.15) is 0 Å². The lowest BCUT2D eigenvalue weighted by molar-refractivity contribution is -0.114. The van der Waals surface area contributed by atoms with Crippen molar-refractivity contribution in [2.24, 2.45) is 0 Å². The number of allylic oxidation sites excluding steroid dienone is 3. The van der Waals surface area contributed by atoms with E-state index in [-0.39, 0.29) is 23.1 Å². The van der Waals surface area contributed by atoms with Crippen molar-refractivity contribution in [2.45, 2.75) is 0 Å². The standard InChI is InChI=1S/C21H14ClFN4O2/c22-17-9-14(1-4-18(17)23)27-21-16-8-13(2-5-19(16)25-11-26-21)24-10-12-7-15(28)3-6-20(12)29/h1-9,11,24H,10H2,(H,25,26,27). The van der Waals surface area contributed by atoms with E-state index >= 15 is 0 Å². The number of fused-ring (bicyclic) bond motifs is 1. The van der Waals surface area contributed by atoms with Crippen LogP contribution in [-0.2, 0) is 9.59 Å². The van der Waals surface area contributed by atoms with Gasteiger partial charge >= 0.3 is 0 Å². The summed E-state index contributed by atoms with van der Waals surface area (Å²) >= 11 is 5.84. The van der Waals surface area contributed by atoms with Crippen LogP contribution in [0.4, 0.5) is 21.6 Å². The molecule has 0 saturated heterocycles. The highest BCUT2D eigenvalue weighted by atomic mass is 35.5. The van der Waals surface area contributed by atoms with Crippen LogP contribution in [0.25, 0.3) is 10.9 Å². The highest BCUT2D eigenvalue weighted by Gasteiger charge is 2.13. The molecule has 2 N–H and O–H groups in total. The zero-order chi connectivity index (χ0) is 20.4. The molecule has 0 fully saturated rings. The summed E-state index contributed by atoms with van der Waals surface area (Å²) in [6, 6.07) is 9.76. The molecule has 1 aliphatic rings. The van der Waals surface area contributed by atoms with Gasteiger partial charge in [0.05, 0.1) is 10.5 Å². The average Bonchev–Trinajstić information content (AvgIpc) is 2.72. The van der Waals surface area contributed by atoms with Gasteiger partial charge in [-0.3, -0.25) is 9.59 Å². The van der Waals surface area contributed by atoms with Crippen molar-refractivity contribution in [3.05, 3.63) is 77.4 Å². The summed E-state index contributed by atoms with van der Waals surface area (Å²) in [7, 11) is 0. The van der Waals surface area contributed by atoms with E-state index in [4.69, 9.17) is 11.6 Å². The van der Waals surface area contributed by atoms with Gasteiger partial charge in [-0.15, -0.1) is 0 Å². The first-order valence-electron chi connectivity index (χ1n) is 8.67. The van der Waals surface area contributed by atoms with Crippen LogP contribution in [0.2, 0.25) is 5.02 Å². The van der Waals surface area contributed by atoms with Gasteiger partial charge in [0.2, 0.25) is 0 Å². The lowest BCUT2D eigenvalue weighted by Crippen LogP contribution is -2.15. The molecule has 2 aromatic carbocycles. The van der Waals surface area contributed by atoms with Crippen LogP contribution in [0.3, 0.4) is 0 Å². The summed E-state index contributed by atoms with van der Waals surface area (Å²) < 4.78 is 13.4. The number of benzene rings is 2. The molecule has 0 spiro atoms. The van der Waals surface area contributed by atoms with Crippen LogP contribution < -0.4 is 10.6 Å². The van der Waals surface area contributed by atoms with E-state index < -0.39 is 5.82 Å². The van der Waals surface area contributed by atoms with Gasteiger partial charge < -0.3 is 10.6 Å². The first-order chi connectivity index (χ1) is 14.0. The molecule has 0 bridgehead atoms. The van der Waals surface area contributed by atoms with E-state index in [0.29, 0.717) is 22.6 Å². The molecule has 0 saturated carbocycles. The summed E-state index contributed by atoms with van der Waals surface area (Å²) in [4.78, 5) is 31.8. The van der Waals surface area contributed by atoms with Crippen LogP contribution in [0.1, 0.15) is 0 Å². The lowest BCUT2D eigenvalue weighted by Gasteiger charge is -2.12. The third kappa shape index (κ3) is 4.14. The molecule has 0 unspecified atom stereocenters. The normalized spacial score (nSPS) is 13.5. The number of ketones is 2. The average molecular weight is 409 g/mol. The van der Waals surface area contributed by atoms with E-state index in [0.717, 1.165) is 11.1 Å². The van der Waals surface area contributed by atoms with E-state index in [1.54, 1.807) is 6.07 Å². The molecule has 4 rings (SSSR count). The topological polar surface area (TPSA) is 84.0 Å². The van der Waals surface area contributed by atoms with E-state index in [9.17, 15) is 14.0 Å². The van der Waals surface area contributed by atoms with Crippen molar-refractivity contribution in [2.75, 3.05) is 17.2 Å². The predicted octanol–water partition coefficient (Wildman–Crippen LogP) is 4.21. The van der Waals surface area contributed by atoms with Gasteiger partial charge in [-0.05, 0) is 54.6 Å². The van der Waals surface area contributed by atoms with Crippen LogP contribution in [0.5, 0.6) is 0 Å². The highest BCUT2D eigenvalue weighted by Crippen LogP contribution is 2.27. The van der Waals surface area contributed by atoms with Crippen molar-refractivity contribution >= 4 is 51.3 Å². The number of hydrogen-bond donors (Lipinski definition) is 2. The second kappa shape index (κ2) is 7.81. The zero-order valence-corrected chi connectivity index (χ0v) is 15.7. The van der Waals surface area contributed by atoms with Crippen LogP contribution in [0.15, 0.2) is 66.5 Å². The second-order valence-corrected chi connectivity index (χ2v) is 6.74. The zero-order valence-electron chi connectivity index (χ0n) is 14.9. The number of aromatic nitrogens is 2. The fourth-order valence-corrected chi connectivity index (χ4v) is 3.05. The largest absolute Gasteiger partial charge is 0.381 e. The monoisotopic (exact) mass is 408 g/mol. The van der Waals surface area contributed by atoms with Gasteiger partial charge in [0.15, 0.2) is 11.6 Å². The smallest absolute Gasteiger partial charge is 0.183 e. The van der Waals surface area contributed by atoms with E-state index in [2.05, 4.69) is 20.6 Å². The maximum atomic E-state index is 13.4. The molecule has 6 nitrogen and oxygen atoms in total. The van der Waals surface area contributed by atoms with Crippen LogP contribution in [0, 0.1) is 5.82 Å². The van der Waals surface area contributed by atoms with Gasteiger partial charge in [0.1, 0.15) is 18.0 Å². The van der Waals surface area contributed by atoms with Crippen molar-refractivity contribution in [3.63, 3.8) is 0 Å². The van der Waals surface area contributed by atoms with Gasteiger partial charge in [-0.25, -0.2) is 14.4 Å². The molecule has 0 radical (unpaired) electrons. The molecule has 29 heavy (non-hydrogen) atoms. The molecule has 144 valence electrons. The number of carbonyl (C=O) groups excluding carboxylic acids is 2. The number of anilines is 3. The van der Waals surface area contributed by atoms with Crippen molar-refractivity contribution in [3.8, 4) is 0 Å². The van der Waals surface area contributed by atoms with Crippen LogP contribution in [-0.4, -0.2) is 28.1 Å². The molecule has 3 aromatic rings. The fraction of sp³-hybridized carbons (Fsp3) is 0.0476. The highest BCUT2D eigenvalue weighted by molar-refractivity contribution is 6.31. The number of rotatable bonds is 5. The number of halogens is 2. The summed E-state index contributed by atoms with van der Waals surface area (Å²) in [6.45, 7) is 0.213. The Kier molecular flexibility index (Phi) is 5.05. The summed E-state index contributed by atoms with van der Waals surface area (Å²) in [6.07, 6.45) is 5.26. The Morgan fingerprint density at radius 1 is 1.00 bits per heavy atom. The minimum absolute atomic E-state index is 0.00439. The maximum absolute atomic E-state index is 13.4. The molecule has 0 amide bonds. The molecule has 8 heteroatoms. The number of nitrogens with one attached hydrogen (secondary N) is 2. The first-order valence-corrected chi connectivity index (χ1v) is 9.05. The molecule has 0 atom stereocenters. The molecular formula is C21H14ClFN4O2. The number of nitrogens with zero attached hydrogens (tertiary/aromatic N) is 2. The quantitative estimate of drug-likeness (QED) is 0.615. The predicted molar refractivity (Wildman–Crippen MR) is 110 cm³/mol. The Hall–Kier alpha value is -3.58. The Morgan fingerprint density at radius 3 is 2.66 bits per heavy atom. The van der Waals surface area contributed by atoms with E-state index in [1.807, 2.05) is 18.2 Å². The summed E-state index contributed by atoms with van der Waals surface area (Å²) in [5.74, 6) is -0.391. The molecule has 0 aliphatic heterocycles. The maximum Gasteiger partial charge on any atom is 0.183 e. The minimum Gasteiger partial charge on any atom is -0.381 e. The number of hydrogen-bond acceptors (Lipinski definition) is 6. The summed E-state index contributed by atoms with van der Waals surface area (Å²) in [5, 5.41) is 6.97.